The van der Waals surface area contributed by atoms with Crippen LogP contribution in [0.3, 0.4) is 0 Å². The first-order valence-corrected chi connectivity index (χ1v) is 5.73. The number of nitrogens with one attached hydrogen (secondary N) is 1. The van der Waals surface area contributed by atoms with E-state index >= 15 is 0 Å². The summed E-state index contributed by atoms with van der Waals surface area (Å²) in [6.45, 7) is 2.45. The van der Waals surface area contributed by atoms with Crippen LogP contribution < -0.4 is 5.32 Å². The fourth-order valence-corrected chi connectivity index (χ4v) is 1.48. The molecule has 0 amide bonds. The summed E-state index contributed by atoms with van der Waals surface area (Å²) in [7, 11) is 0. The summed E-state index contributed by atoms with van der Waals surface area (Å²) in [5, 5.41) is 2.83. The fourth-order valence-electron chi connectivity index (χ4n) is 1.48. The Morgan fingerprint density at radius 1 is 1.32 bits per heavy atom. The van der Waals surface area contributed by atoms with Gasteiger partial charge in [0.05, 0.1) is 18.2 Å². The van der Waals surface area contributed by atoms with Crippen molar-refractivity contribution in [3.05, 3.63) is 30.5 Å². The van der Waals surface area contributed by atoms with Crippen LogP contribution in [0.5, 0.6) is 0 Å². The van der Waals surface area contributed by atoms with Crippen molar-refractivity contribution in [3.8, 4) is 11.3 Å². The zero-order chi connectivity index (χ0) is 13.9. The topological polar surface area (TPSA) is 51.0 Å². The first-order chi connectivity index (χ1) is 9.00. The maximum atomic E-state index is 12.7. The van der Waals surface area contributed by atoms with E-state index < -0.39 is 12.0 Å². The predicted molar refractivity (Wildman–Crippen MR) is 63.5 cm³/mol. The van der Waals surface area contributed by atoms with Crippen molar-refractivity contribution in [2.45, 2.75) is 19.5 Å². The number of halogens is 3. The van der Waals surface area contributed by atoms with E-state index in [-0.39, 0.29) is 11.5 Å². The SMILES string of the molecule is CCCNc1cc(-c2ccoc2)nc(C(F)(F)F)n1. The number of alkyl halides is 3. The number of anilines is 1. The minimum atomic E-state index is -4.58. The van der Waals surface area contributed by atoms with E-state index in [0.29, 0.717) is 12.1 Å². The molecule has 0 aromatic carbocycles. The number of hydrogen-bond donors (Lipinski definition) is 1. The third-order valence-electron chi connectivity index (χ3n) is 2.35. The predicted octanol–water partition coefficient (Wildman–Crippen LogP) is 3.58. The second kappa shape index (κ2) is 5.29. The van der Waals surface area contributed by atoms with Gasteiger partial charge in [0.15, 0.2) is 0 Å². The molecule has 19 heavy (non-hydrogen) atoms. The highest BCUT2D eigenvalue weighted by atomic mass is 19.4. The van der Waals surface area contributed by atoms with Crippen LogP contribution in [0, 0.1) is 0 Å². The number of nitrogens with zero attached hydrogens (tertiary/aromatic N) is 2. The average molecular weight is 271 g/mol. The molecule has 2 heterocycles. The summed E-state index contributed by atoms with van der Waals surface area (Å²) in [4.78, 5) is 6.99. The molecule has 0 unspecified atom stereocenters. The molecule has 2 rings (SSSR count). The smallest absolute Gasteiger partial charge is 0.451 e. The van der Waals surface area contributed by atoms with Gasteiger partial charge in [-0.1, -0.05) is 6.92 Å². The monoisotopic (exact) mass is 271 g/mol. The average Bonchev–Trinajstić information content (AvgIpc) is 2.89. The minimum absolute atomic E-state index is 0.153. The molecular formula is C12H12F3N3O. The van der Waals surface area contributed by atoms with E-state index in [1.807, 2.05) is 6.92 Å². The molecule has 0 atom stereocenters. The molecule has 7 heteroatoms. The maximum absolute atomic E-state index is 12.7. The molecule has 0 aliphatic rings. The summed E-state index contributed by atoms with van der Waals surface area (Å²) in [6.07, 6.45) is -1.08. The first-order valence-electron chi connectivity index (χ1n) is 5.73. The van der Waals surface area contributed by atoms with Crippen LogP contribution in [-0.4, -0.2) is 16.5 Å². The standard InChI is InChI=1S/C12H12F3N3O/c1-2-4-16-10-6-9(8-3-5-19-7-8)17-11(18-10)12(13,14)15/h3,5-7H,2,4H2,1H3,(H,16,17,18). The molecule has 102 valence electrons. The molecule has 0 bridgehead atoms. The molecule has 1 N–H and O–H groups in total. The van der Waals surface area contributed by atoms with Gasteiger partial charge in [0.2, 0.25) is 5.82 Å². The lowest BCUT2D eigenvalue weighted by molar-refractivity contribution is -0.144. The molecule has 0 fully saturated rings. The van der Waals surface area contributed by atoms with Crippen LogP contribution in [0.15, 0.2) is 29.1 Å². The van der Waals surface area contributed by atoms with Gasteiger partial charge in [0.1, 0.15) is 5.82 Å². The quantitative estimate of drug-likeness (QED) is 0.923. The van der Waals surface area contributed by atoms with Gasteiger partial charge in [-0.15, -0.1) is 0 Å². The molecule has 2 aromatic rings. The normalized spacial score (nSPS) is 11.6. The third kappa shape index (κ3) is 3.24. The van der Waals surface area contributed by atoms with Gasteiger partial charge in [0.25, 0.3) is 0 Å². The molecule has 0 radical (unpaired) electrons. The van der Waals surface area contributed by atoms with E-state index in [9.17, 15) is 13.2 Å². The van der Waals surface area contributed by atoms with Crippen molar-refractivity contribution in [2.75, 3.05) is 11.9 Å². The number of rotatable bonds is 4. The Labute approximate surface area is 107 Å². The Morgan fingerprint density at radius 2 is 2.11 bits per heavy atom. The molecule has 0 spiro atoms. The van der Waals surface area contributed by atoms with Gasteiger partial charge in [-0.3, -0.25) is 0 Å². The first kappa shape index (κ1) is 13.4. The van der Waals surface area contributed by atoms with Crippen molar-refractivity contribution >= 4 is 5.82 Å². The van der Waals surface area contributed by atoms with E-state index in [1.165, 1.54) is 18.6 Å². The maximum Gasteiger partial charge on any atom is 0.451 e. The summed E-state index contributed by atoms with van der Waals surface area (Å²) in [6, 6.07) is 3.02. The van der Waals surface area contributed by atoms with Crippen molar-refractivity contribution in [1.29, 1.82) is 0 Å². The summed E-state index contributed by atoms with van der Waals surface area (Å²) < 4.78 is 43.1. The van der Waals surface area contributed by atoms with Crippen molar-refractivity contribution in [2.24, 2.45) is 0 Å². The molecule has 4 nitrogen and oxygen atoms in total. The van der Waals surface area contributed by atoms with Crippen molar-refractivity contribution in [3.63, 3.8) is 0 Å². The van der Waals surface area contributed by atoms with Crippen LogP contribution in [0.2, 0.25) is 0 Å². The van der Waals surface area contributed by atoms with Crippen LogP contribution in [-0.2, 0) is 6.18 Å². The van der Waals surface area contributed by atoms with Gasteiger partial charge in [0, 0.05) is 18.2 Å². The van der Waals surface area contributed by atoms with Crippen molar-refractivity contribution < 1.29 is 17.6 Å². The Hall–Kier alpha value is -2.05. The summed E-state index contributed by atoms with van der Waals surface area (Å²) >= 11 is 0. The zero-order valence-corrected chi connectivity index (χ0v) is 10.2. The lowest BCUT2D eigenvalue weighted by atomic mass is 10.2. The van der Waals surface area contributed by atoms with E-state index in [2.05, 4.69) is 15.3 Å². The Kier molecular flexibility index (Phi) is 3.73. The highest BCUT2D eigenvalue weighted by molar-refractivity contribution is 5.61. The molecule has 2 aromatic heterocycles. The molecule has 0 aliphatic heterocycles. The van der Waals surface area contributed by atoms with Gasteiger partial charge < -0.3 is 9.73 Å². The van der Waals surface area contributed by atoms with Crippen LogP contribution in [0.25, 0.3) is 11.3 Å². The Morgan fingerprint density at radius 3 is 2.68 bits per heavy atom. The molecule has 0 aliphatic carbocycles. The van der Waals surface area contributed by atoms with Crippen LogP contribution in [0.4, 0.5) is 19.0 Å². The number of hydrogen-bond acceptors (Lipinski definition) is 4. The second-order valence-electron chi connectivity index (χ2n) is 3.90. The van der Waals surface area contributed by atoms with Gasteiger partial charge >= 0.3 is 6.18 Å². The van der Waals surface area contributed by atoms with E-state index in [1.54, 1.807) is 6.07 Å². The second-order valence-corrected chi connectivity index (χ2v) is 3.90. The molecular weight excluding hydrogens is 259 g/mol. The lowest BCUT2D eigenvalue weighted by Crippen LogP contribution is -2.14. The minimum Gasteiger partial charge on any atom is -0.472 e. The zero-order valence-electron chi connectivity index (χ0n) is 10.2. The molecule has 0 saturated heterocycles. The highest BCUT2D eigenvalue weighted by Gasteiger charge is 2.35. The van der Waals surface area contributed by atoms with Gasteiger partial charge in [-0.25, -0.2) is 9.97 Å². The molecule has 0 saturated carbocycles. The van der Waals surface area contributed by atoms with Gasteiger partial charge in [-0.05, 0) is 12.5 Å². The Bertz CT molecular complexity index is 538. The largest absolute Gasteiger partial charge is 0.472 e. The van der Waals surface area contributed by atoms with Crippen LogP contribution in [0.1, 0.15) is 19.2 Å². The third-order valence-corrected chi connectivity index (χ3v) is 2.35. The van der Waals surface area contributed by atoms with Gasteiger partial charge in [-0.2, -0.15) is 13.2 Å². The number of furan rings is 1. The highest BCUT2D eigenvalue weighted by Crippen LogP contribution is 2.29. The fraction of sp³-hybridized carbons (Fsp3) is 0.333. The van der Waals surface area contributed by atoms with Crippen LogP contribution >= 0.6 is 0 Å². The summed E-state index contributed by atoms with van der Waals surface area (Å²) in [5.74, 6) is -1.01. The van der Waals surface area contributed by atoms with Crippen molar-refractivity contribution in [1.82, 2.24) is 9.97 Å². The summed E-state index contributed by atoms with van der Waals surface area (Å²) in [5.41, 5.74) is 0.655. The van der Waals surface area contributed by atoms with E-state index in [0.717, 1.165) is 6.42 Å². The van der Waals surface area contributed by atoms with E-state index in [4.69, 9.17) is 4.42 Å². The lowest BCUT2D eigenvalue weighted by Gasteiger charge is -2.10. The number of aromatic nitrogens is 2. The Balaban J connectivity index is 2.43.